The molecule has 2 aromatic rings. The van der Waals surface area contributed by atoms with Crippen molar-refractivity contribution >= 4 is 24.6 Å². The maximum atomic E-state index is 10.9. The molecule has 0 aliphatic rings. The molecule has 0 saturated heterocycles. The molecule has 0 spiro atoms. The zero-order valence-electron chi connectivity index (χ0n) is 10.4. The molecular weight excluding hydrogens is 320 g/mol. The van der Waals surface area contributed by atoms with Gasteiger partial charge in [0.1, 0.15) is 4.75 Å². The van der Waals surface area contributed by atoms with Crippen molar-refractivity contribution < 1.29 is 36.9 Å². The maximum Gasteiger partial charge on any atom is 2.00 e. The summed E-state index contributed by atoms with van der Waals surface area (Å²) in [4.78, 5) is 21.4. The Balaban J connectivity index is 0.000000507. The summed E-state index contributed by atoms with van der Waals surface area (Å²) < 4.78 is -1.64. The zero-order chi connectivity index (χ0) is 14.3. The van der Waals surface area contributed by atoms with Gasteiger partial charge in [0, 0.05) is 0 Å². The van der Waals surface area contributed by atoms with Gasteiger partial charge in [-0.05, 0) is 0 Å². The van der Waals surface area contributed by atoms with E-state index in [-0.39, 0.29) is 17.1 Å². The summed E-state index contributed by atoms with van der Waals surface area (Å²) >= 11 is 3.93. The van der Waals surface area contributed by atoms with Gasteiger partial charge in [0.2, 0.25) is 0 Å². The molecule has 0 saturated carbocycles. The molecular formula is C14H14FeO4S. The summed E-state index contributed by atoms with van der Waals surface area (Å²) in [6.07, 6.45) is -0.546. The van der Waals surface area contributed by atoms with Crippen LogP contribution in [-0.2, 0) is 31.4 Å². The van der Waals surface area contributed by atoms with Gasteiger partial charge >= 0.3 is 29.0 Å². The average molecular weight is 334 g/mol. The second-order valence-electron chi connectivity index (χ2n) is 3.87. The molecule has 2 rings (SSSR count). The van der Waals surface area contributed by atoms with Gasteiger partial charge in [-0.2, -0.15) is 43.0 Å². The Morgan fingerprint density at radius 1 is 1.10 bits per heavy atom. The van der Waals surface area contributed by atoms with E-state index >= 15 is 0 Å². The van der Waals surface area contributed by atoms with E-state index in [1.165, 1.54) is 0 Å². The van der Waals surface area contributed by atoms with Crippen molar-refractivity contribution in [1.29, 1.82) is 0 Å². The molecule has 0 aliphatic heterocycles. The van der Waals surface area contributed by atoms with Crippen LogP contribution in [0.2, 0.25) is 0 Å². The predicted molar refractivity (Wildman–Crippen MR) is 74.6 cm³/mol. The fraction of sp³-hybridized carbons (Fsp3) is 0.143. The fourth-order valence-electron chi connectivity index (χ4n) is 1.49. The molecule has 6 heteroatoms. The van der Waals surface area contributed by atoms with E-state index in [1.807, 2.05) is 30.3 Å². The normalized spacial score (nSPS) is 12.2. The third-order valence-electron chi connectivity index (χ3n) is 2.46. The first-order chi connectivity index (χ1) is 8.97. The van der Waals surface area contributed by atoms with Gasteiger partial charge in [0.25, 0.3) is 0 Å². The number of carbonyl (C=O) groups is 2. The number of rotatable bonds is 4. The summed E-state index contributed by atoms with van der Waals surface area (Å²) in [5.41, 5.74) is 0.385. The first kappa shape index (κ1) is 18.5. The minimum Gasteiger partial charge on any atom is -0.481 e. The smallest absolute Gasteiger partial charge is 0.481 e. The molecule has 2 aromatic carbocycles. The number of aliphatic carboxylic acids is 2. The van der Waals surface area contributed by atoms with Gasteiger partial charge in [-0.3, -0.25) is 9.59 Å². The molecule has 0 aromatic heterocycles. The average Bonchev–Trinajstić information content (AvgIpc) is 3.04. The van der Waals surface area contributed by atoms with Gasteiger partial charge in [0.05, 0.1) is 6.42 Å². The van der Waals surface area contributed by atoms with Gasteiger partial charge in [-0.15, -0.1) is 5.56 Å². The molecule has 0 radical (unpaired) electrons. The Bertz CT molecular complexity index is 490. The standard InChI is InChI=1S/C9H9O4S.C5H5.Fe/c10-7(11)5-9(14,8(12)13)6-3-1-2-4-6;1-2-4-5-3-1;/h1-4,14H,5H2,(H,10,11)(H,12,13);1-5H;/q2*-1;+2. The number of thiol groups is 1. The molecule has 108 valence electrons. The largest absolute Gasteiger partial charge is 2.00 e. The Morgan fingerprint density at radius 3 is 1.90 bits per heavy atom. The van der Waals surface area contributed by atoms with E-state index in [0.717, 1.165) is 0 Å². The van der Waals surface area contributed by atoms with Gasteiger partial charge in [0.15, 0.2) is 0 Å². The van der Waals surface area contributed by atoms with Crippen molar-refractivity contribution in [3.8, 4) is 0 Å². The van der Waals surface area contributed by atoms with Crippen molar-refractivity contribution in [2.45, 2.75) is 11.2 Å². The molecule has 1 atom stereocenters. The number of hydrogen-bond donors (Lipinski definition) is 3. The Kier molecular flexibility index (Phi) is 7.99. The summed E-state index contributed by atoms with van der Waals surface area (Å²) in [5.74, 6) is -2.45. The van der Waals surface area contributed by atoms with E-state index in [2.05, 4.69) is 12.6 Å². The molecule has 0 amide bonds. The molecule has 0 aliphatic carbocycles. The first-order valence-electron chi connectivity index (χ1n) is 5.53. The summed E-state index contributed by atoms with van der Waals surface area (Å²) in [5, 5.41) is 17.5. The molecule has 0 bridgehead atoms. The van der Waals surface area contributed by atoms with Crippen LogP contribution in [0.1, 0.15) is 12.0 Å². The second-order valence-corrected chi connectivity index (χ2v) is 4.64. The van der Waals surface area contributed by atoms with Crippen LogP contribution in [0.3, 0.4) is 0 Å². The fourth-order valence-corrected chi connectivity index (χ4v) is 1.77. The third-order valence-corrected chi connectivity index (χ3v) is 3.06. The minimum absolute atomic E-state index is 0. The van der Waals surface area contributed by atoms with Crippen molar-refractivity contribution in [2.75, 3.05) is 0 Å². The first-order valence-corrected chi connectivity index (χ1v) is 5.98. The van der Waals surface area contributed by atoms with Gasteiger partial charge in [-0.1, -0.05) is 0 Å². The van der Waals surface area contributed by atoms with Crippen molar-refractivity contribution in [1.82, 2.24) is 0 Å². The van der Waals surface area contributed by atoms with Crippen molar-refractivity contribution in [3.63, 3.8) is 0 Å². The van der Waals surface area contributed by atoms with Crippen LogP contribution in [0.15, 0.2) is 54.6 Å². The van der Waals surface area contributed by atoms with Crippen LogP contribution < -0.4 is 0 Å². The van der Waals surface area contributed by atoms with Crippen LogP contribution in [0.5, 0.6) is 0 Å². The third kappa shape index (κ3) is 5.25. The van der Waals surface area contributed by atoms with E-state index in [0.29, 0.717) is 5.56 Å². The Morgan fingerprint density at radius 2 is 1.60 bits per heavy atom. The predicted octanol–water partition coefficient (Wildman–Crippen LogP) is 2.49. The van der Waals surface area contributed by atoms with Crippen LogP contribution in [0.4, 0.5) is 0 Å². The van der Waals surface area contributed by atoms with Gasteiger partial charge < -0.3 is 10.2 Å². The summed E-state index contributed by atoms with van der Waals surface area (Å²) in [6, 6.07) is 16.4. The van der Waals surface area contributed by atoms with Crippen LogP contribution in [0, 0.1) is 0 Å². The quantitative estimate of drug-likeness (QED) is 0.456. The molecule has 0 fully saturated rings. The topological polar surface area (TPSA) is 74.6 Å². The Hall–Kier alpha value is -1.49. The van der Waals surface area contributed by atoms with Crippen molar-refractivity contribution in [2.24, 2.45) is 0 Å². The minimum atomic E-state index is -1.64. The van der Waals surface area contributed by atoms with Crippen LogP contribution in [-0.4, -0.2) is 22.2 Å². The monoisotopic (exact) mass is 334 g/mol. The van der Waals surface area contributed by atoms with E-state index in [4.69, 9.17) is 10.2 Å². The maximum absolute atomic E-state index is 10.9. The molecule has 20 heavy (non-hydrogen) atoms. The molecule has 0 heterocycles. The summed E-state index contributed by atoms with van der Waals surface area (Å²) in [7, 11) is 0. The van der Waals surface area contributed by atoms with Gasteiger partial charge in [-0.25, -0.2) is 24.3 Å². The number of carboxylic acids is 2. The van der Waals surface area contributed by atoms with Crippen LogP contribution >= 0.6 is 12.6 Å². The number of carboxylic acid groups (broad SMARTS) is 2. The second kappa shape index (κ2) is 8.63. The van der Waals surface area contributed by atoms with Crippen LogP contribution in [0.25, 0.3) is 0 Å². The SMILES string of the molecule is O=C(O)CC(S)(C(=O)O)[c-]1cccc1.[Fe+2].c1cc[cH-]c1. The van der Waals surface area contributed by atoms with E-state index in [9.17, 15) is 9.59 Å². The van der Waals surface area contributed by atoms with Crippen molar-refractivity contribution in [3.05, 3.63) is 60.2 Å². The summed E-state index contributed by atoms with van der Waals surface area (Å²) in [6.45, 7) is 0. The number of hydrogen-bond acceptors (Lipinski definition) is 3. The molecule has 4 nitrogen and oxygen atoms in total. The van der Waals surface area contributed by atoms with E-state index in [1.54, 1.807) is 24.3 Å². The molecule has 2 N–H and O–H groups in total. The Labute approximate surface area is 133 Å². The molecule has 1 unspecified atom stereocenters. The van der Waals surface area contributed by atoms with E-state index < -0.39 is 23.1 Å². The zero-order valence-corrected chi connectivity index (χ0v) is 12.4.